The number of hydrogen-bond donors (Lipinski definition) is 1. The fraction of sp³-hybridized carbons (Fsp3) is 0.725. The number of amides is 1. The molecule has 5 saturated carbocycles. The van der Waals surface area contributed by atoms with Crippen LogP contribution in [-0.4, -0.2) is 24.3 Å². The summed E-state index contributed by atoms with van der Waals surface area (Å²) in [7, 11) is 0. The molecule has 6 rings (SSSR count). The van der Waals surface area contributed by atoms with E-state index in [1.54, 1.807) is 6.92 Å². The van der Waals surface area contributed by atoms with E-state index in [-0.39, 0.29) is 45.1 Å². The van der Waals surface area contributed by atoms with Crippen molar-refractivity contribution in [3.05, 3.63) is 47.5 Å². The third-order valence-corrected chi connectivity index (χ3v) is 15.3. The molecule has 0 unspecified atom stereocenters. The second kappa shape index (κ2) is 11.1. The van der Waals surface area contributed by atoms with Gasteiger partial charge in [0.1, 0.15) is 12.4 Å². The molecule has 1 N–H and O–H groups in total. The largest absolute Gasteiger partial charge is 0.462 e. The van der Waals surface area contributed by atoms with Crippen molar-refractivity contribution in [2.75, 3.05) is 0 Å². The number of hydrogen-bond acceptors (Lipinski definition) is 4. The minimum absolute atomic E-state index is 0.00376. The molecule has 5 fully saturated rings. The van der Waals surface area contributed by atoms with E-state index < -0.39 is 0 Å². The number of ether oxygens (including phenoxy) is 1. The molecule has 10 atom stereocenters. The summed E-state index contributed by atoms with van der Waals surface area (Å²) in [6.07, 6.45) is 11.8. The van der Waals surface area contributed by atoms with Gasteiger partial charge in [-0.25, -0.2) is 0 Å². The Kier molecular flexibility index (Phi) is 8.01. The quantitative estimate of drug-likeness (QED) is 0.197. The van der Waals surface area contributed by atoms with Crippen molar-refractivity contribution >= 4 is 18.2 Å². The summed E-state index contributed by atoms with van der Waals surface area (Å²) in [6.45, 7) is 21.3. The zero-order chi connectivity index (χ0) is 32.6. The summed E-state index contributed by atoms with van der Waals surface area (Å²) >= 11 is 0. The van der Waals surface area contributed by atoms with Gasteiger partial charge in [-0.3, -0.25) is 14.4 Å². The van der Waals surface area contributed by atoms with E-state index >= 15 is 0 Å². The molecule has 5 heteroatoms. The molecule has 45 heavy (non-hydrogen) atoms. The molecule has 5 aliphatic carbocycles. The van der Waals surface area contributed by atoms with Gasteiger partial charge in [-0.05, 0) is 123 Å². The van der Waals surface area contributed by atoms with Crippen molar-refractivity contribution in [1.82, 2.24) is 5.32 Å². The lowest BCUT2D eigenvalue weighted by atomic mass is 9.32. The molecule has 5 aliphatic rings. The lowest BCUT2D eigenvalue weighted by Gasteiger charge is -2.72. The van der Waals surface area contributed by atoms with Gasteiger partial charge in [0, 0.05) is 24.4 Å². The summed E-state index contributed by atoms with van der Waals surface area (Å²) in [6, 6.07) is 7.55. The second-order valence-corrected chi connectivity index (χ2v) is 17.3. The summed E-state index contributed by atoms with van der Waals surface area (Å²) < 4.78 is 5.94. The van der Waals surface area contributed by atoms with Gasteiger partial charge in [-0.1, -0.05) is 71.0 Å². The molecule has 0 aromatic heterocycles. The topological polar surface area (TPSA) is 72.5 Å². The number of benzene rings is 1. The number of aldehydes is 1. The molecular weight excluding hydrogens is 558 g/mol. The maximum Gasteiger partial charge on any atom is 0.302 e. The van der Waals surface area contributed by atoms with Crippen LogP contribution in [0.3, 0.4) is 0 Å². The van der Waals surface area contributed by atoms with Gasteiger partial charge in [0.05, 0.1) is 5.41 Å². The van der Waals surface area contributed by atoms with Crippen LogP contribution >= 0.6 is 0 Å². The minimum atomic E-state index is -0.342. The van der Waals surface area contributed by atoms with Crippen molar-refractivity contribution < 1.29 is 19.1 Å². The van der Waals surface area contributed by atoms with Crippen LogP contribution in [-0.2, 0) is 20.9 Å². The normalized spacial score (nSPS) is 43.1. The Balaban J connectivity index is 1.29. The lowest BCUT2D eigenvalue weighted by molar-refractivity contribution is -0.248. The second-order valence-electron chi connectivity index (χ2n) is 17.3. The SMILES string of the molecule is C=C(C)[C@@H]1CC[C@]2(C(=O)NCc3ccc(C=O)cc3)CC[C@]3(C)[C@H](CC[C@@H]4[C@@]5(C)CC[C@H](OC(C)=O)C(C)(C)[C@@H]5CC[C@]43C)[C@@H]12. The molecule has 0 spiro atoms. The Morgan fingerprint density at radius 2 is 1.58 bits per heavy atom. The molecule has 0 radical (unpaired) electrons. The highest BCUT2D eigenvalue weighted by atomic mass is 16.5. The van der Waals surface area contributed by atoms with Gasteiger partial charge in [-0.15, -0.1) is 0 Å². The summed E-state index contributed by atoms with van der Waals surface area (Å²) in [5, 5.41) is 3.38. The van der Waals surface area contributed by atoms with Crippen LogP contribution in [0, 0.1) is 56.7 Å². The lowest BCUT2D eigenvalue weighted by Crippen LogP contribution is -2.67. The van der Waals surface area contributed by atoms with Crippen molar-refractivity contribution in [2.24, 2.45) is 56.7 Å². The third-order valence-electron chi connectivity index (χ3n) is 15.3. The average Bonchev–Trinajstić information content (AvgIpc) is 3.39. The minimum Gasteiger partial charge on any atom is -0.462 e. The Morgan fingerprint density at radius 3 is 2.22 bits per heavy atom. The van der Waals surface area contributed by atoms with E-state index in [1.165, 1.54) is 31.3 Å². The Hall–Kier alpha value is -2.43. The van der Waals surface area contributed by atoms with Crippen molar-refractivity contribution in [3.8, 4) is 0 Å². The number of carbonyl (C=O) groups is 3. The van der Waals surface area contributed by atoms with Gasteiger partial charge in [-0.2, -0.15) is 0 Å². The van der Waals surface area contributed by atoms with Crippen LogP contribution in [0.4, 0.5) is 0 Å². The van der Waals surface area contributed by atoms with E-state index in [0.717, 1.165) is 50.4 Å². The predicted octanol–water partition coefficient (Wildman–Crippen LogP) is 8.70. The first-order chi connectivity index (χ1) is 21.1. The third kappa shape index (κ3) is 4.71. The highest BCUT2D eigenvalue weighted by molar-refractivity contribution is 5.84. The van der Waals surface area contributed by atoms with Crippen LogP contribution in [0.1, 0.15) is 129 Å². The first-order valence-electron chi connectivity index (χ1n) is 17.8. The van der Waals surface area contributed by atoms with E-state index in [2.05, 4.69) is 53.4 Å². The van der Waals surface area contributed by atoms with Crippen LogP contribution in [0.2, 0.25) is 0 Å². The van der Waals surface area contributed by atoms with E-state index in [1.807, 2.05) is 24.3 Å². The standard InChI is InChI=1S/C40H57NO4/c1-25(2)29-15-20-40(35(44)41-23-27-9-11-28(24-42)12-10-27)22-21-38(7)30(34(29)40)13-14-32-37(6)18-17-33(45-26(3)43)36(4,5)31(37)16-19-39(32,38)8/h9-12,24,29-34H,1,13-23H2,2-8H3,(H,41,44)/t29-,30+,31-,32+,33-,34+,37-,38+,39+,40-/m0/s1. The molecule has 246 valence electrons. The van der Waals surface area contributed by atoms with Crippen molar-refractivity contribution in [1.29, 1.82) is 0 Å². The predicted molar refractivity (Wildman–Crippen MR) is 178 cm³/mol. The molecule has 1 amide bonds. The number of allylic oxidation sites excluding steroid dienone is 1. The van der Waals surface area contributed by atoms with E-state index in [0.29, 0.717) is 41.7 Å². The fourth-order valence-corrected chi connectivity index (χ4v) is 13.0. The van der Waals surface area contributed by atoms with Crippen LogP contribution in [0.25, 0.3) is 0 Å². The van der Waals surface area contributed by atoms with Gasteiger partial charge >= 0.3 is 5.97 Å². The van der Waals surface area contributed by atoms with Crippen molar-refractivity contribution in [2.45, 2.75) is 125 Å². The van der Waals surface area contributed by atoms with Crippen LogP contribution in [0.5, 0.6) is 0 Å². The molecule has 0 bridgehead atoms. The number of esters is 1. The summed E-state index contributed by atoms with van der Waals surface area (Å²) in [5.74, 6) is 2.45. The van der Waals surface area contributed by atoms with Gasteiger partial charge in [0.15, 0.2) is 0 Å². The Morgan fingerprint density at radius 1 is 0.867 bits per heavy atom. The average molecular weight is 616 g/mol. The first-order valence-corrected chi connectivity index (χ1v) is 17.8. The Bertz CT molecular complexity index is 1360. The maximum atomic E-state index is 14.4. The number of fused-ring (bicyclic) bond motifs is 7. The van der Waals surface area contributed by atoms with E-state index in [4.69, 9.17) is 4.74 Å². The van der Waals surface area contributed by atoms with Crippen LogP contribution in [0.15, 0.2) is 36.4 Å². The fourth-order valence-electron chi connectivity index (χ4n) is 13.0. The summed E-state index contributed by atoms with van der Waals surface area (Å²) in [5.41, 5.74) is 3.14. The van der Waals surface area contributed by atoms with Gasteiger partial charge < -0.3 is 10.1 Å². The molecular formula is C40H57NO4. The first kappa shape index (κ1) is 32.5. The summed E-state index contributed by atoms with van der Waals surface area (Å²) in [4.78, 5) is 37.5. The monoisotopic (exact) mass is 615 g/mol. The zero-order valence-corrected chi connectivity index (χ0v) is 29.0. The molecule has 5 nitrogen and oxygen atoms in total. The maximum absolute atomic E-state index is 14.4. The Labute approximate surface area is 271 Å². The molecule has 0 aliphatic heterocycles. The zero-order valence-electron chi connectivity index (χ0n) is 29.0. The highest BCUT2D eigenvalue weighted by Gasteiger charge is 2.72. The van der Waals surface area contributed by atoms with Crippen molar-refractivity contribution in [3.63, 3.8) is 0 Å². The number of rotatable bonds is 6. The molecule has 0 heterocycles. The molecule has 0 saturated heterocycles. The molecule has 1 aromatic rings. The highest BCUT2D eigenvalue weighted by Crippen LogP contribution is 2.77. The van der Waals surface area contributed by atoms with Crippen LogP contribution < -0.4 is 5.32 Å². The molecule has 1 aromatic carbocycles. The smallest absolute Gasteiger partial charge is 0.302 e. The van der Waals surface area contributed by atoms with Gasteiger partial charge in [0.25, 0.3) is 0 Å². The number of nitrogens with one attached hydrogen (secondary N) is 1. The number of carbonyl (C=O) groups excluding carboxylic acids is 3. The van der Waals surface area contributed by atoms with Gasteiger partial charge in [0.2, 0.25) is 5.91 Å². The van der Waals surface area contributed by atoms with E-state index in [9.17, 15) is 14.4 Å².